The summed E-state index contributed by atoms with van der Waals surface area (Å²) in [5, 5.41) is 23.7. The van der Waals surface area contributed by atoms with Crippen LogP contribution in [0.3, 0.4) is 0 Å². The molecule has 0 heterocycles. The van der Waals surface area contributed by atoms with E-state index in [2.05, 4.69) is 12.2 Å². The lowest BCUT2D eigenvalue weighted by atomic mass is 10.1. The van der Waals surface area contributed by atoms with E-state index in [0.717, 1.165) is 18.5 Å². The van der Waals surface area contributed by atoms with Gasteiger partial charge in [0.05, 0.1) is 11.0 Å². The van der Waals surface area contributed by atoms with Crippen molar-refractivity contribution in [1.29, 1.82) is 0 Å². The summed E-state index contributed by atoms with van der Waals surface area (Å²) in [5.74, 6) is 0.183. The second-order valence-electron chi connectivity index (χ2n) is 4.80. The molecule has 0 spiro atoms. The first kappa shape index (κ1) is 16.4. The van der Waals surface area contributed by atoms with Crippen molar-refractivity contribution >= 4 is 5.69 Å². The van der Waals surface area contributed by atoms with Gasteiger partial charge >= 0.3 is 5.69 Å². The van der Waals surface area contributed by atoms with Crippen molar-refractivity contribution in [3.63, 3.8) is 0 Å². The molecule has 1 rings (SSSR count). The SMILES string of the molecule is CCCNCc1ccc(OC(C)C(C)O)c([N+](=O)[O-])c1. The minimum Gasteiger partial charge on any atom is -0.481 e. The number of hydrogen-bond acceptors (Lipinski definition) is 5. The molecule has 0 aliphatic carbocycles. The summed E-state index contributed by atoms with van der Waals surface area (Å²) in [6.45, 7) is 6.76. The molecule has 2 atom stereocenters. The van der Waals surface area contributed by atoms with Crippen LogP contribution in [0, 0.1) is 10.1 Å². The van der Waals surface area contributed by atoms with Crippen LogP contribution in [0.25, 0.3) is 0 Å². The number of nitrogens with zero attached hydrogens (tertiary/aromatic N) is 1. The molecule has 0 radical (unpaired) electrons. The normalized spacial score (nSPS) is 13.8. The number of hydrogen-bond donors (Lipinski definition) is 2. The highest BCUT2D eigenvalue weighted by atomic mass is 16.6. The standard InChI is InChI=1S/C14H22N2O4/c1-4-7-15-9-12-5-6-14(13(8-12)16(18)19)20-11(3)10(2)17/h5-6,8,10-11,15,17H,4,7,9H2,1-3H3. The highest BCUT2D eigenvalue weighted by Crippen LogP contribution is 2.29. The van der Waals surface area contributed by atoms with Crippen LogP contribution >= 0.6 is 0 Å². The molecule has 0 aliphatic rings. The predicted octanol–water partition coefficient (Wildman–Crippen LogP) is 2.24. The Kier molecular flexibility index (Phi) is 6.41. The van der Waals surface area contributed by atoms with Crippen molar-refractivity contribution in [2.45, 2.75) is 45.9 Å². The highest BCUT2D eigenvalue weighted by Gasteiger charge is 2.19. The summed E-state index contributed by atoms with van der Waals surface area (Å²) < 4.78 is 5.44. The number of rotatable bonds is 8. The molecule has 2 unspecified atom stereocenters. The Morgan fingerprint density at radius 3 is 2.70 bits per heavy atom. The predicted molar refractivity (Wildman–Crippen MR) is 76.9 cm³/mol. The van der Waals surface area contributed by atoms with Gasteiger partial charge in [0, 0.05) is 12.6 Å². The van der Waals surface area contributed by atoms with E-state index < -0.39 is 17.1 Å². The van der Waals surface area contributed by atoms with E-state index in [1.165, 1.54) is 6.07 Å². The molecule has 6 heteroatoms. The molecule has 6 nitrogen and oxygen atoms in total. The first-order chi connectivity index (χ1) is 9.45. The zero-order valence-electron chi connectivity index (χ0n) is 12.1. The van der Waals surface area contributed by atoms with E-state index in [0.29, 0.717) is 6.54 Å². The molecule has 1 aromatic carbocycles. The second kappa shape index (κ2) is 7.81. The molecule has 0 bridgehead atoms. The largest absolute Gasteiger partial charge is 0.481 e. The van der Waals surface area contributed by atoms with E-state index in [1.54, 1.807) is 26.0 Å². The molecule has 0 saturated carbocycles. The lowest BCUT2D eigenvalue weighted by molar-refractivity contribution is -0.386. The number of nitro benzene ring substituents is 1. The Morgan fingerprint density at radius 2 is 2.15 bits per heavy atom. The van der Waals surface area contributed by atoms with Gasteiger partial charge < -0.3 is 15.2 Å². The molecule has 2 N–H and O–H groups in total. The fourth-order valence-electron chi connectivity index (χ4n) is 1.62. The summed E-state index contributed by atoms with van der Waals surface area (Å²) in [6.07, 6.45) is -0.187. The van der Waals surface area contributed by atoms with Gasteiger partial charge in [-0.2, -0.15) is 0 Å². The lowest BCUT2D eigenvalue weighted by Crippen LogP contribution is -2.25. The van der Waals surface area contributed by atoms with Gasteiger partial charge in [-0.25, -0.2) is 0 Å². The topological polar surface area (TPSA) is 84.6 Å². The molecule has 0 amide bonds. The van der Waals surface area contributed by atoms with E-state index in [4.69, 9.17) is 4.74 Å². The summed E-state index contributed by atoms with van der Waals surface area (Å²) in [6, 6.07) is 4.88. The number of ether oxygens (including phenoxy) is 1. The average molecular weight is 282 g/mol. The monoisotopic (exact) mass is 282 g/mol. The van der Waals surface area contributed by atoms with Gasteiger partial charge in [0.1, 0.15) is 6.10 Å². The summed E-state index contributed by atoms with van der Waals surface area (Å²) in [7, 11) is 0. The van der Waals surface area contributed by atoms with Gasteiger partial charge in [-0.1, -0.05) is 13.0 Å². The molecular weight excluding hydrogens is 260 g/mol. The minimum absolute atomic E-state index is 0.0756. The number of nitro groups is 1. The molecule has 112 valence electrons. The maximum Gasteiger partial charge on any atom is 0.311 e. The van der Waals surface area contributed by atoms with Crippen LogP contribution < -0.4 is 10.1 Å². The van der Waals surface area contributed by atoms with Crippen molar-refractivity contribution in [2.75, 3.05) is 6.54 Å². The van der Waals surface area contributed by atoms with Crippen molar-refractivity contribution < 1.29 is 14.8 Å². The average Bonchev–Trinajstić information content (AvgIpc) is 2.40. The molecule has 20 heavy (non-hydrogen) atoms. The van der Waals surface area contributed by atoms with Crippen molar-refractivity contribution in [1.82, 2.24) is 5.32 Å². The van der Waals surface area contributed by atoms with Crippen molar-refractivity contribution in [3.05, 3.63) is 33.9 Å². The highest BCUT2D eigenvalue weighted by molar-refractivity contribution is 5.48. The fourth-order valence-corrected chi connectivity index (χ4v) is 1.62. The van der Waals surface area contributed by atoms with E-state index >= 15 is 0 Å². The van der Waals surface area contributed by atoms with Gasteiger partial charge in [0.15, 0.2) is 5.75 Å². The van der Waals surface area contributed by atoms with Gasteiger partial charge in [-0.3, -0.25) is 10.1 Å². The maximum atomic E-state index is 11.1. The first-order valence-electron chi connectivity index (χ1n) is 6.78. The van der Waals surface area contributed by atoms with Crippen molar-refractivity contribution in [3.8, 4) is 5.75 Å². The lowest BCUT2D eigenvalue weighted by Gasteiger charge is -2.17. The van der Waals surface area contributed by atoms with Crippen LogP contribution in [0.5, 0.6) is 5.75 Å². The second-order valence-corrected chi connectivity index (χ2v) is 4.80. The molecular formula is C14H22N2O4. The Labute approximate surface area is 118 Å². The summed E-state index contributed by atoms with van der Waals surface area (Å²) in [4.78, 5) is 10.6. The third kappa shape index (κ3) is 4.79. The Morgan fingerprint density at radius 1 is 1.45 bits per heavy atom. The Hall–Kier alpha value is -1.66. The van der Waals surface area contributed by atoms with Gasteiger partial charge in [0.25, 0.3) is 0 Å². The number of nitrogens with one attached hydrogen (secondary N) is 1. The quantitative estimate of drug-likeness (QED) is 0.434. The third-order valence-electron chi connectivity index (χ3n) is 2.97. The Balaban J connectivity index is 2.87. The van der Waals surface area contributed by atoms with E-state index in [-0.39, 0.29) is 11.4 Å². The van der Waals surface area contributed by atoms with Crippen LogP contribution in [-0.4, -0.2) is 28.8 Å². The molecule has 0 aromatic heterocycles. The van der Waals surface area contributed by atoms with Gasteiger partial charge in [-0.05, 0) is 38.4 Å². The molecule has 1 aromatic rings. The first-order valence-corrected chi connectivity index (χ1v) is 6.78. The fraction of sp³-hybridized carbons (Fsp3) is 0.571. The van der Waals surface area contributed by atoms with Crippen LogP contribution in [0.4, 0.5) is 5.69 Å². The van der Waals surface area contributed by atoms with E-state index in [9.17, 15) is 15.2 Å². The molecule has 0 saturated heterocycles. The minimum atomic E-state index is -0.694. The van der Waals surface area contributed by atoms with Crippen LogP contribution in [0.15, 0.2) is 18.2 Å². The van der Waals surface area contributed by atoms with Crippen LogP contribution in [-0.2, 0) is 6.54 Å². The summed E-state index contributed by atoms with van der Waals surface area (Å²) in [5.41, 5.74) is 0.760. The summed E-state index contributed by atoms with van der Waals surface area (Å²) >= 11 is 0. The number of benzene rings is 1. The van der Waals surface area contributed by atoms with Crippen molar-refractivity contribution in [2.24, 2.45) is 0 Å². The van der Waals surface area contributed by atoms with Gasteiger partial charge in [-0.15, -0.1) is 0 Å². The molecule has 0 fully saturated rings. The van der Waals surface area contributed by atoms with E-state index in [1.807, 2.05) is 0 Å². The van der Waals surface area contributed by atoms with Gasteiger partial charge in [0.2, 0.25) is 0 Å². The van der Waals surface area contributed by atoms with Crippen LogP contribution in [0.2, 0.25) is 0 Å². The third-order valence-corrected chi connectivity index (χ3v) is 2.97. The zero-order chi connectivity index (χ0) is 15.1. The Bertz CT molecular complexity index is 449. The smallest absolute Gasteiger partial charge is 0.311 e. The van der Waals surface area contributed by atoms with Crippen LogP contribution in [0.1, 0.15) is 32.8 Å². The number of aliphatic hydroxyl groups is 1. The maximum absolute atomic E-state index is 11.1. The number of aliphatic hydroxyl groups excluding tert-OH is 1. The molecule has 0 aliphatic heterocycles. The zero-order valence-corrected chi connectivity index (χ0v) is 12.1.